The molecule has 0 bridgehead atoms. The lowest BCUT2D eigenvalue weighted by molar-refractivity contribution is 0.0144. The summed E-state index contributed by atoms with van der Waals surface area (Å²) >= 11 is 9.15. The average molecular weight is 701 g/mol. The highest BCUT2D eigenvalue weighted by atomic mass is 35.5. The first kappa shape index (κ1) is 35.0. The van der Waals surface area contributed by atoms with E-state index < -0.39 is 23.1 Å². The summed E-state index contributed by atoms with van der Waals surface area (Å²) < 4.78 is 40.9. The van der Waals surface area contributed by atoms with Gasteiger partial charge in [-0.25, -0.2) is 13.6 Å². The number of benzene rings is 3. The number of fused-ring (bicyclic) bond motifs is 1. The molecule has 6 nitrogen and oxygen atoms in total. The van der Waals surface area contributed by atoms with E-state index in [0.29, 0.717) is 31.4 Å². The van der Waals surface area contributed by atoms with Crippen molar-refractivity contribution in [3.63, 3.8) is 0 Å². The van der Waals surface area contributed by atoms with Crippen molar-refractivity contribution in [3.8, 4) is 16.9 Å². The largest absolute Gasteiger partial charge is 0.496 e. The monoisotopic (exact) mass is 700 g/mol. The van der Waals surface area contributed by atoms with Gasteiger partial charge in [0.2, 0.25) is 0 Å². The van der Waals surface area contributed by atoms with Gasteiger partial charge in [0.25, 0.3) is 5.91 Å². The number of carbonyl (C=O) groups is 2. The summed E-state index contributed by atoms with van der Waals surface area (Å²) in [6.07, 6.45) is 4.14. The highest BCUT2D eigenvalue weighted by Gasteiger charge is 2.35. The second kappa shape index (κ2) is 14.4. The first-order valence-electron chi connectivity index (χ1n) is 15.5. The third-order valence-electron chi connectivity index (χ3n) is 8.50. The number of methoxy groups -OCH3 is 1. The zero-order valence-electron chi connectivity index (χ0n) is 27.4. The molecule has 1 fully saturated rings. The van der Waals surface area contributed by atoms with Gasteiger partial charge in [-0.3, -0.25) is 4.79 Å². The lowest BCUT2D eigenvalue weighted by Gasteiger charge is -2.40. The summed E-state index contributed by atoms with van der Waals surface area (Å²) in [6, 6.07) is 15.9. The summed E-state index contributed by atoms with van der Waals surface area (Å²) in [5.74, 6) is -1.10. The third-order valence-corrected chi connectivity index (χ3v) is 10.9. The number of nitrogens with zero attached hydrogens (tertiary/aromatic N) is 2. The highest BCUT2D eigenvalue weighted by Crippen LogP contribution is 2.41. The predicted molar refractivity (Wildman–Crippen MR) is 187 cm³/mol. The molecule has 1 saturated carbocycles. The quantitative estimate of drug-likeness (QED) is 0.171. The maximum absolute atomic E-state index is 14.8. The highest BCUT2D eigenvalue weighted by molar-refractivity contribution is 7.98. The fraction of sp³-hybridized carbons (Fsp3) is 0.389. The maximum Gasteiger partial charge on any atom is 0.410 e. The second-order valence-electron chi connectivity index (χ2n) is 12.7. The standard InChI is InChI=1S/C36H39ClF2N2O4S2/c1-36(2,3)45-35(43)40(4)24-11-13-25(14-12-24)41(34(42)33-31(37)30-27(38)15-16-28(39)32(30)47-33)20-23-18-22(10-17-29(23)44-5)21-8-7-9-26(19-21)46-6/h7-10,15-19,24-25H,11-14,20H2,1-6H3/t24-,25-. The Balaban J connectivity index is 1.50. The van der Waals surface area contributed by atoms with Crippen molar-refractivity contribution in [2.75, 3.05) is 20.4 Å². The van der Waals surface area contributed by atoms with Gasteiger partial charge in [-0.05, 0) is 100 Å². The molecule has 0 unspecified atom stereocenters. The van der Waals surface area contributed by atoms with Gasteiger partial charge < -0.3 is 19.3 Å². The Morgan fingerprint density at radius 2 is 1.64 bits per heavy atom. The van der Waals surface area contributed by atoms with Crippen molar-refractivity contribution < 1.29 is 27.8 Å². The number of hydrogen-bond acceptors (Lipinski definition) is 6. The number of amides is 2. The molecule has 0 saturated heterocycles. The van der Waals surface area contributed by atoms with Crippen molar-refractivity contribution in [3.05, 3.63) is 81.7 Å². The van der Waals surface area contributed by atoms with Gasteiger partial charge in [-0.2, -0.15) is 0 Å². The van der Waals surface area contributed by atoms with Crippen molar-refractivity contribution in [2.24, 2.45) is 0 Å². The Morgan fingerprint density at radius 1 is 0.979 bits per heavy atom. The average Bonchev–Trinajstić information content (AvgIpc) is 3.42. The topological polar surface area (TPSA) is 59.1 Å². The van der Waals surface area contributed by atoms with Crippen LogP contribution in [0.1, 0.15) is 61.7 Å². The zero-order valence-corrected chi connectivity index (χ0v) is 29.8. The molecule has 4 aromatic rings. The molecule has 11 heteroatoms. The van der Waals surface area contributed by atoms with E-state index in [1.54, 1.807) is 35.7 Å². The van der Waals surface area contributed by atoms with Crippen molar-refractivity contribution >= 4 is 56.8 Å². The van der Waals surface area contributed by atoms with Crippen LogP contribution in [0.5, 0.6) is 5.75 Å². The molecule has 5 rings (SSSR count). The number of ether oxygens (including phenoxy) is 2. The van der Waals surface area contributed by atoms with Crippen LogP contribution in [0.4, 0.5) is 13.6 Å². The van der Waals surface area contributed by atoms with Crippen LogP contribution in [0.3, 0.4) is 0 Å². The van der Waals surface area contributed by atoms with Crippen LogP contribution in [0.25, 0.3) is 21.2 Å². The summed E-state index contributed by atoms with van der Waals surface area (Å²) in [4.78, 5) is 31.8. The number of halogens is 3. The van der Waals surface area contributed by atoms with Crippen LogP contribution < -0.4 is 4.74 Å². The van der Waals surface area contributed by atoms with E-state index in [9.17, 15) is 18.4 Å². The first-order valence-corrected chi connectivity index (χ1v) is 17.9. The van der Waals surface area contributed by atoms with E-state index in [1.165, 1.54) is 0 Å². The normalized spacial score (nSPS) is 16.6. The van der Waals surface area contributed by atoms with E-state index in [0.717, 1.165) is 45.1 Å². The fourth-order valence-electron chi connectivity index (χ4n) is 6.04. The van der Waals surface area contributed by atoms with Gasteiger partial charge in [-0.1, -0.05) is 29.8 Å². The third kappa shape index (κ3) is 7.71. The van der Waals surface area contributed by atoms with Gasteiger partial charge in [0, 0.05) is 36.1 Å². The summed E-state index contributed by atoms with van der Waals surface area (Å²) in [7, 11) is 3.33. The summed E-state index contributed by atoms with van der Waals surface area (Å²) in [6.45, 7) is 5.68. The molecule has 0 aliphatic heterocycles. The molecule has 0 radical (unpaired) electrons. The molecule has 0 spiro atoms. The molecule has 3 aromatic carbocycles. The number of hydrogen-bond donors (Lipinski definition) is 0. The number of thiophene rings is 1. The number of carbonyl (C=O) groups excluding carboxylic acids is 2. The van der Waals surface area contributed by atoms with Crippen LogP contribution in [0.15, 0.2) is 59.5 Å². The fourth-order valence-corrected chi connectivity index (χ4v) is 8.01. The van der Waals surface area contributed by atoms with Crippen molar-refractivity contribution in [1.82, 2.24) is 9.80 Å². The molecular weight excluding hydrogens is 662 g/mol. The van der Waals surface area contributed by atoms with Crippen LogP contribution >= 0.6 is 34.7 Å². The summed E-state index contributed by atoms with van der Waals surface area (Å²) in [5, 5.41) is -0.180. The second-order valence-corrected chi connectivity index (χ2v) is 15.0. The van der Waals surface area contributed by atoms with E-state index in [4.69, 9.17) is 21.1 Å². The van der Waals surface area contributed by atoms with Gasteiger partial charge in [0.1, 0.15) is 27.9 Å². The van der Waals surface area contributed by atoms with E-state index in [2.05, 4.69) is 12.1 Å². The van der Waals surface area contributed by atoms with Crippen LogP contribution in [-0.4, -0.2) is 59.9 Å². The smallest absolute Gasteiger partial charge is 0.410 e. The number of rotatable bonds is 8. The molecule has 250 valence electrons. The van der Waals surface area contributed by atoms with Gasteiger partial charge in [-0.15, -0.1) is 23.1 Å². The van der Waals surface area contributed by atoms with E-state index in [-0.39, 0.29) is 44.7 Å². The lowest BCUT2D eigenvalue weighted by Crippen LogP contribution is -2.47. The molecule has 0 atom stereocenters. The van der Waals surface area contributed by atoms with Gasteiger partial charge in [0.15, 0.2) is 0 Å². The Kier molecular flexibility index (Phi) is 10.7. The molecule has 1 aromatic heterocycles. The van der Waals surface area contributed by atoms with E-state index >= 15 is 0 Å². The minimum Gasteiger partial charge on any atom is -0.496 e. The van der Waals surface area contributed by atoms with Gasteiger partial charge in [0.05, 0.1) is 22.2 Å². The lowest BCUT2D eigenvalue weighted by atomic mass is 9.89. The minimum absolute atomic E-state index is 0.00856. The first-order chi connectivity index (χ1) is 22.3. The Labute approximate surface area is 288 Å². The Hall–Kier alpha value is -3.34. The Bertz CT molecular complexity index is 1780. The Morgan fingerprint density at radius 3 is 2.28 bits per heavy atom. The van der Waals surface area contributed by atoms with Crippen molar-refractivity contribution in [2.45, 2.75) is 75.6 Å². The molecule has 1 aliphatic carbocycles. The molecule has 47 heavy (non-hydrogen) atoms. The predicted octanol–water partition coefficient (Wildman–Crippen LogP) is 10.1. The zero-order chi connectivity index (χ0) is 34.0. The number of thioether (sulfide) groups is 1. The minimum atomic E-state index is -0.680. The molecule has 2 amide bonds. The van der Waals surface area contributed by atoms with Crippen LogP contribution in [-0.2, 0) is 11.3 Å². The molecular formula is C36H39ClF2N2O4S2. The van der Waals surface area contributed by atoms with E-state index in [1.807, 2.05) is 57.4 Å². The molecule has 1 heterocycles. The van der Waals surface area contributed by atoms with Crippen LogP contribution in [0.2, 0.25) is 5.02 Å². The van der Waals surface area contributed by atoms with Crippen molar-refractivity contribution in [1.29, 1.82) is 0 Å². The molecule has 0 N–H and O–H groups in total. The van der Waals surface area contributed by atoms with Crippen LogP contribution in [0, 0.1) is 11.6 Å². The molecule has 1 aliphatic rings. The van der Waals surface area contributed by atoms with Gasteiger partial charge >= 0.3 is 6.09 Å². The maximum atomic E-state index is 14.8. The summed E-state index contributed by atoms with van der Waals surface area (Å²) in [5.41, 5.74) is 2.17. The SMILES string of the molecule is COc1ccc(-c2cccc(SC)c2)cc1CN(C(=O)c1sc2c(F)ccc(F)c2c1Cl)[C@H]1CC[C@H](N(C)C(=O)OC(C)(C)C)CC1.